The minimum absolute atomic E-state index is 0.00280. The number of likely N-dealkylation sites (tertiary alicyclic amines) is 1. The topological polar surface area (TPSA) is 55.6 Å². The average Bonchev–Trinajstić information content (AvgIpc) is 2.46. The maximum atomic E-state index is 12.6. The molecule has 3 atom stereocenters. The first kappa shape index (κ1) is 16.1. The van der Waals surface area contributed by atoms with Gasteiger partial charge in [0.15, 0.2) is 6.10 Å². The number of rotatable bonds is 4. The lowest BCUT2D eigenvalue weighted by atomic mass is 9.90. The number of halogens is 1. The molecule has 0 radical (unpaired) electrons. The van der Waals surface area contributed by atoms with E-state index >= 15 is 0 Å². The van der Waals surface area contributed by atoms with E-state index in [4.69, 9.17) is 22.1 Å². The molecular formula is C16H23ClN2O2. The summed E-state index contributed by atoms with van der Waals surface area (Å²) in [6.07, 6.45) is 1.60. The van der Waals surface area contributed by atoms with Crippen LogP contribution in [0.5, 0.6) is 5.75 Å². The number of nitrogens with zero attached hydrogens (tertiary/aromatic N) is 1. The predicted octanol–water partition coefficient (Wildman–Crippen LogP) is 2.69. The standard InChI is InChI=1S/C16H23ClN2O2/c1-11-5-4-8-19(15(11)10-18)16(20)12(2)21-14-7-3-6-13(17)9-14/h3,6-7,9,11-12,15H,4-5,8,10,18H2,1-2H3. The quantitative estimate of drug-likeness (QED) is 0.930. The van der Waals surface area contributed by atoms with Crippen molar-refractivity contribution in [2.24, 2.45) is 11.7 Å². The van der Waals surface area contributed by atoms with Gasteiger partial charge in [-0.25, -0.2) is 0 Å². The van der Waals surface area contributed by atoms with Crippen molar-refractivity contribution in [1.82, 2.24) is 4.90 Å². The summed E-state index contributed by atoms with van der Waals surface area (Å²) in [5, 5.41) is 0.596. The number of carbonyl (C=O) groups excluding carboxylic acids is 1. The highest BCUT2D eigenvalue weighted by atomic mass is 35.5. The van der Waals surface area contributed by atoms with Gasteiger partial charge in [0.1, 0.15) is 5.75 Å². The first-order chi connectivity index (χ1) is 10.0. The number of ether oxygens (including phenoxy) is 1. The van der Waals surface area contributed by atoms with Crippen molar-refractivity contribution >= 4 is 17.5 Å². The highest BCUT2D eigenvalue weighted by Gasteiger charge is 2.33. The molecule has 0 aromatic heterocycles. The summed E-state index contributed by atoms with van der Waals surface area (Å²) in [5.41, 5.74) is 5.84. The zero-order valence-corrected chi connectivity index (χ0v) is 13.3. The molecule has 0 aliphatic carbocycles. The van der Waals surface area contributed by atoms with Crippen molar-refractivity contribution in [3.63, 3.8) is 0 Å². The van der Waals surface area contributed by atoms with Gasteiger partial charge in [0.2, 0.25) is 0 Å². The van der Waals surface area contributed by atoms with Gasteiger partial charge in [-0.3, -0.25) is 4.79 Å². The van der Waals surface area contributed by atoms with E-state index in [0.717, 1.165) is 19.4 Å². The zero-order chi connectivity index (χ0) is 15.4. The SMILES string of the molecule is CC(Oc1cccc(Cl)c1)C(=O)N1CCCC(C)C1CN. The number of piperidine rings is 1. The maximum Gasteiger partial charge on any atom is 0.263 e. The smallest absolute Gasteiger partial charge is 0.263 e. The second kappa shape index (κ2) is 7.14. The van der Waals surface area contributed by atoms with Gasteiger partial charge in [-0.2, -0.15) is 0 Å². The number of amides is 1. The third-order valence-electron chi connectivity index (χ3n) is 4.10. The van der Waals surface area contributed by atoms with Crippen molar-refractivity contribution in [2.45, 2.75) is 38.8 Å². The van der Waals surface area contributed by atoms with Gasteiger partial charge in [0, 0.05) is 24.2 Å². The van der Waals surface area contributed by atoms with E-state index < -0.39 is 6.10 Å². The third-order valence-corrected chi connectivity index (χ3v) is 4.33. The maximum absolute atomic E-state index is 12.6. The number of nitrogens with two attached hydrogens (primary N) is 1. The average molecular weight is 311 g/mol. The van der Waals surface area contributed by atoms with Crippen molar-refractivity contribution in [3.05, 3.63) is 29.3 Å². The van der Waals surface area contributed by atoms with E-state index in [-0.39, 0.29) is 11.9 Å². The number of carbonyl (C=O) groups is 1. The van der Waals surface area contributed by atoms with Crippen LogP contribution in [-0.4, -0.2) is 36.0 Å². The fraction of sp³-hybridized carbons (Fsp3) is 0.562. The van der Waals surface area contributed by atoms with Gasteiger partial charge in [-0.15, -0.1) is 0 Å². The number of benzene rings is 1. The fourth-order valence-corrected chi connectivity index (χ4v) is 3.09. The Morgan fingerprint density at radius 3 is 3.00 bits per heavy atom. The monoisotopic (exact) mass is 310 g/mol. The van der Waals surface area contributed by atoms with Crippen LogP contribution in [0.1, 0.15) is 26.7 Å². The second-order valence-corrected chi connectivity index (χ2v) is 6.11. The zero-order valence-electron chi connectivity index (χ0n) is 12.6. The van der Waals surface area contributed by atoms with Crippen LogP contribution in [0.15, 0.2) is 24.3 Å². The molecule has 116 valence electrons. The van der Waals surface area contributed by atoms with Crippen LogP contribution in [0.3, 0.4) is 0 Å². The van der Waals surface area contributed by atoms with E-state index in [0.29, 0.717) is 23.2 Å². The Morgan fingerprint density at radius 1 is 1.57 bits per heavy atom. The van der Waals surface area contributed by atoms with E-state index in [1.165, 1.54) is 0 Å². The molecule has 3 unspecified atom stereocenters. The van der Waals surface area contributed by atoms with E-state index in [9.17, 15) is 4.79 Å². The van der Waals surface area contributed by atoms with Crippen LogP contribution in [-0.2, 0) is 4.79 Å². The van der Waals surface area contributed by atoms with Gasteiger partial charge in [-0.1, -0.05) is 24.6 Å². The molecule has 1 aromatic carbocycles. The Labute approximate surface area is 131 Å². The van der Waals surface area contributed by atoms with Gasteiger partial charge in [0.05, 0.1) is 0 Å². The van der Waals surface area contributed by atoms with Gasteiger partial charge < -0.3 is 15.4 Å². The lowest BCUT2D eigenvalue weighted by Crippen LogP contribution is -2.54. The van der Waals surface area contributed by atoms with Crippen LogP contribution in [0.25, 0.3) is 0 Å². The van der Waals surface area contributed by atoms with Gasteiger partial charge in [0.25, 0.3) is 5.91 Å². The second-order valence-electron chi connectivity index (χ2n) is 5.67. The Morgan fingerprint density at radius 2 is 2.33 bits per heavy atom. The molecule has 1 amide bonds. The minimum Gasteiger partial charge on any atom is -0.481 e. The molecule has 1 aliphatic heterocycles. The normalized spacial score (nSPS) is 23.7. The molecule has 1 heterocycles. The van der Waals surface area contributed by atoms with Gasteiger partial charge in [-0.05, 0) is 43.9 Å². The van der Waals surface area contributed by atoms with Gasteiger partial charge >= 0.3 is 0 Å². The predicted molar refractivity (Wildman–Crippen MR) is 84.5 cm³/mol. The molecule has 21 heavy (non-hydrogen) atoms. The largest absolute Gasteiger partial charge is 0.481 e. The lowest BCUT2D eigenvalue weighted by Gasteiger charge is -2.40. The van der Waals surface area contributed by atoms with E-state index in [1.807, 2.05) is 4.90 Å². The molecule has 2 rings (SSSR count). The Balaban J connectivity index is 2.04. The number of hydrogen-bond acceptors (Lipinski definition) is 3. The summed E-state index contributed by atoms with van der Waals surface area (Å²) in [6, 6.07) is 7.20. The Hall–Kier alpha value is -1.26. The van der Waals surface area contributed by atoms with Crippen LogP contribution in [0.4, 0.5) is 0 Å². The third kappa shape index (κ3) is 3.89. The highest BCUT2D eigenvalue weighted by Crippen LogP contribution is 2.24. The van der Waals surface area contributed by atoms with Crippen molar-refractivity contribution < 1.29 is 9.53 Å². The number of hydrogen-bond donors (Lipinski definition) is 1. The Kier molecular flexibility index (Phi) is 5.48. The summed E-state index contributed by atoms with van der Waals surface area (Å²) in [7, 11) is 0. The summed E-state index contributed by atoms with van der Waals surface area (Å²) in [4.78, 5) is 14.5. The molecule has 0 saturated carbocycles. The summed E-state index contributed by atoms with van der Waals surface area (Å²) < 4.78 is 5.72. The molecule has 1 saturated heterocycles. The van der Waals surface area contributed by atoms with Crippen LogP contribution < -0.4 is 10.5 Å². The van der Waals surface area contributed by atoms with E-state index in [1.54, 1.807) is 31.2 Å². The molecule has 1 fully saturated rings. The molecule has 1 aliphatic rings. The van der Waals surface area contributed by atoms with Crippen molar-refractivity contribution in [2.75, 3.05) is 13.1 Å². The van der Waals surface area contributed by atoms with Crippen LogP contribution >= 0.6 is 11.6 Å². The van der Waals surface area contributed by atoms with E-state index in [2.05, 4.69) is 6.92 Å². The molecule has 0 spiro atoms. The minimum atomic E-state index is -0.539. The highest BCUT2D eigenvalue weighted by molar-refractivity contribution is 6.30. The fourth-order valence-electron chi connectivity index (χ4n) is 2.91. The molecular weight excluding hydrogens is 288 g/mol. The molecule has 5 heteroatoms. The molecule has 2 N–H and O–H groups in total. The Bertz CT molecular complexity index is 495. The lowest BCUT2D eigenvalue weighted by molar-refractivity contribution is -0.142. The summed E-state index contributed by atoms with van der Waals surface area (Å²) in [6.45, 7) is 5.18. The summed E-state index contributed by atoms with van der Waals surface area (Å²) in [5.74, 6) is 1.04. The molecule has 4 nitrogen and oxygen atoms in total. The molecule has 0 bridgehead atoms. The summed E-state index contributed by atoms with van der Waals surface area (Å²) >= 11 is 5.93. The first-order valence-corrected chi connectivity index (χ1v) is 7.83. The first-order valence-electron chi connectivity index (χ1n) is 7.45. The van der Waals surface area contributed by atoms with Crippen LogP contribution in [0.2, 0.25) is 5.02 Å². The van der Waals surface area contributed by atoms with Crippen molar-refractivity contribution in [1.29, 1.82) is 0 Å². The van der Waals surface area contributed by atoms with Crippen LogP contribution in [0, 0.1) is 5.92 Å². The van der Waals surface area contributed by atoms with Crippen molar-refractivity contribution in [3.8, 4) is 5.75 Å². The molecule has 1 aromatic rings.